The van der Waals surface area contributed by atoms with Crippen molar-refractivity contribution < 1.29 is 9.13 Å². The van der Waals surface area contributed by atoms with Crippen LogP contribution >= 0.6 is 11.6 Å². The third-order valence-corrected chi connectivity index (χ3v) is 4.18. The van der Waals surface area contributed by atoms with Gasteiger partial charge < -0.3 is 10.5 Å². The minimum absolute atomic E-state index is 0.142. The molecule has 0 aliphatic carbocycles. The topological polar surface area (TPSA) is 38.5 Å². The quantitative estimate of drug-likeness (QED) is 0.875. The molecule has 1 saturated heterocycles. The predicted octanol–water partition coefficient (Wildman–Crippen LogP) is 3.37. The first-order valence-corrected chi connectivity index (χ1v) is 8.04. The Morgan fingerprint density at radius 1 is 1.52 bits per heavy atom. The van der Waals surface area contributed by atoms with Gasteiger partial charge >= 0.3 is 0 Å². The van der Waals surface area contributed by atoms with Gasteiger partial charge in [-0.05, 0) is 44.0 Å². The normalized spacial score (nSPS) is 21.4. The number of benzene rings is 1. The first kappa shape index (κ1) is 16.7. The average molecular weight is 315 g/mol. The molecular formula is C16H24ClFN2O. The summed E-state index contributed by atoms with van der Waals surface area (Å²) in [5.41, 5.74) is 6.49. The van der Waals surface area contributed by atoms with Crippen LogP contribution in [-0.4, -0.2) is 37.2 Å². The average Bonchev–Trinajstić information content (AvgIpc) is 2.50. The van der Waals surface area contributed by atoms with Crippen molar-refractivity contribution in [3.63, 3.8) is 0 Å². The van der Waals surface area contributed by atoms with Gasteiger partial charge in [-0.1, -0.05) is 18.5 Å². The van der Waals surface area contributed by atoms with Crippen LogP contribution < -0.4 is 5.73 Å². The van der Waals surface area contributed by atoms with Crippen molar-refractivity contribution >= 4 is 11.6 Å². The summed E-state index contributed by atoms with van der Waals surface area (Å²) in [4.78, 5) is 2.22. The third-order valence-electron chi connectivity index (χ3n) is 3.95. The maximum absolute atomic E-state index is 14.1. The fourth-order valence-electron chi connectivity index (χ4n) is 2.91. The molecule has 2 atom stereocenters. The number of halogens is 2. The van der Waals surface area contributed by atoms with E-state index in [4.69, 9.17) is 22.1 Å². The van der Waals surface area contributed by atoms with E-state index in [0.29, 0.717) is 17.1 Å². The highest BCUT2D eigenvalue weighted by Crippen LogP contribution is 2.28. The van der Waals surface area contributed by atoms with Crippen LogP contribution in [0.3, 0.4) is 0 Å². The molecule has 0 aromatic heterocycles. The van der Waals surface area contributed by atoms with Crippen molar-refractivity contribution in [2.75, 3.05) is 26.2 Å². The van der Waals surface area contributed by atoms with Crippen LogP contribution in [0, 0.1) is 5.82 Å². The summed E-state index contributed by atoms with van der Waals surface area (Å²) < 4.78 is 19.9. The van der Waals surface area contributed by atoms with Gasteiger partial charge in [0, 0.05) is 30.3 Å². The zero-order valence-corrected chi connectivity index (χ0v) is 13.3. The van der Waals surface area contributed by atoms with E-state index >= 15 is 0 Å². The lowest BCUT2D eigenvalue weighted by atomic mass is 10.00. The summed E-state index contributed by atoms with van der Waals surface area (Å²) >= 11 is 6.00. The Morgan fingerprint density at radius 3 is 3.05 bits per heavy atom. The largest absolute Gasteiger partial charge is 0.377 e. The predicted molar refractivity (Wildman–Crippen MR) is 84.0 cm³/mol. The van der Waals surface area contributed by atoms with Crippen molar-refractivity contribution in [2.24, 2.45) is 5.73 Å². The van der Waals surface area contributed by atoms with Crippen molar-refractivity contribution in [2.45, 2.75) is 38.3 Å². The van der Waals surface area contributed by atoms with E-state index in [2.05, 4.69) is 11.8 Å². The fraction of sp³-hybridized carbons (Fsp3) is 0.625. The first-order valence-electron chi connectivity index (χ1n) is 7.66. The fourth-order valence-corrected chi connectivity index (χ4v) is 3.09. The van der Waals surface area contributed by atoms with E-state index in [0.717, 1.165) is 39.0 Å². The molecule has 1 fully saturated rings. The number of nitrogens with two attached hydrogens (primary N) is 1. The molecule has 2 N–H and O–H groups in total. The highest BCUT2D eigenvalue weighted by Gasteiger charge is 2.28. The Morgan fingerprint density at radius 2 is 2.33 bits per heavy atom. The van der Waals surface area contributed by atoms with E-state index in [9.17, 15) is 4.39 Å². The molecule has 0 radical (unpaired) electrons. The van der Waals surface area contributed by atoms with E-state index in [1.165, 1.54) is 6.07 Å². The second-order valence-electron chi connectivity index (χ2n) is 5.55. The van der Waals surface area contributed by atoms with Gasteiger partial charge in [-0.3, -0.25) is 4.90 Å². The molecule has 118 valence electrons. The zero-order valence-electron chi connectivity index (χ0n) is 12.5. The lowest BCUT2D eigenvalue weighted by Gasteiger charge is -2.38. The lowest BCUT2D eigenvalue weighted by molar-refractivity contribution is -0.0122. The van der Waals surface area contributed by atoms with E-state index in [1.54, 1.807) is 12.1 Å². The van der Waals surface area contributed by atoms with Gasteiger partial charge in [0.15, 0.2) is 0 Å². The second-order valence-corrected chi connectivity index (χ2v) is 5.98. The zero-order chi connectivity index (χ0) is 15.2. The van der Waals surface area contributed by atoms with Gasteiger partial charge in [-0.25, -0.2) is 4.39 Å². The maximum Gasteiger partial charge on any atom is 0.128 e. The second kappa shape index (κ2) is 8.08. The standard InChI is InChI=1S/C16H24ClFN2O/c1-2-8-21-13-4-3-7-20(11-13)16(10-19)14-9-12(17)5-6-15(14)18/h5-6,9,13,16H,2-4,7-8,10-11,19H2,1H3. The number of hydrogen-bond acceptors (Lipinski definition) is 3. The molecule has 21 heavy (non-hydrogen) atoms. The summed E-state index contributed by atoms with van der Waals surface area (Å²) in [6.45, 7) is 4.97. The van der Waals surface area contributed by atoms with Crippen LogP contribution in [0.25, 0.3) is 0 Å². The van der Waals surface area contributed by atoms with E-state index in [1.807, 2.05) is 0 Å². The molecular weight excluding hydrogens is 291 g/mol. The number of hydrogen-bond donors (Lipinski definition) is 1. The molecule has 0 amide bonds. The summed E-state index contributed by atoms with van der Waals surface area (Å²) in [7, 11) is 0. The van der Waals surface area contributed by atoms with Gasteiger partial charge in [-0.15, -0.1) is 0 Å². The molecule has 3 nitrogen and oxygen atoms in total. The molecule has 2 rings (SSSR count). The van der Waals surface area contributed by atoms with Crippen molar-refractivity contribution in [3.8, 4) is 0 Å². The maximum atomic E-state index is 14.1. The molecule has 0 spiro atoms. The molecule has 1 aromatic carbocycles. The van der Waals surface area contributed by atoms with Gasteiger partial charge in [0.1, 0.15) is 5.82 Å². The van der Waals surface area contributed by atoms with Crippen LogP contribution in [0.5, 0.6) is 0 Å². The highest BCUT2D eigenvalue weighted by molar-refractivity contribution is 6.30. The van der Waals surface area contributed by atoms with Crippen LogP contribution in [0.1, 0.15) is 37.8 Å². The van der Waals surface area contributed by atoms with Crippen molar-refractivity contribution in [1.82, 2.24) is 4.90 Å². The molecule has 1 heterocycles. The van der Waals surface area contributed by atoms with Crippen LogP contribution in [0.4, 0.5) is 4.39 Å². The summed E-state index contributed by atoms with van der Waals surface area (Å²) in [5.74, 6) is -0.244. The SMILES string of the molecule is CCCOC1CCCN(C(CN)c2cc(Cl)ccc2F)C1. The van der Waals surface area contributed by atoms with Gasteiger partial charge in [0.25, 0.3) is 0 Å². The third kappa shape index (κ3) is 4.39. The Bertz CT molecular complexity index is 458. The Labute approximate surface area is 131 Å². The van der Waals surface area contributed by atoms with Gasteiger partial charge in [-0.2, -0.15) is 0 Å². The molecule has 5 heteroatoms. The number of piperidine rings is 1. The molecule has 0 bridgehead atoms. The summed E-state index contributed by atoms with van der Waals surface area (Å²) in [6, 6.07) is 4.52. The minimum atomic E-state index is -0.244. The number of rotatable bonds is 6. The molecule has 1 aromatic rings. The van der Waals surface area contributed by atoms with E-state index < -0.39 is 0 Å². The smallest absolute Gasteiger partial charge is 0.128 e. The molecule has 0 saturated carbocycles. The molecule has 2 unspecified atom stereocenters. The van der Waals surface area contributed by atoms with Gasteiger partial charge in [0.2, 0.25) is 0 Å². The van der Waals surface area contributed by atoms with Crippen molar-refractivity contribution in [3.05, 3.63) is 34.6 Å². The first-order chi connectivity index (χ1) is 10.2. The van der Waals surface area contributed by atoms with Crippen LogP contribution in [0.15, 0.2) is 18.2 Å². The molecule has 1 aliphatic heterocycles. The highest BCUT2D eigenvalue weighted by atomic mass is 35.5. The number of nitrogens with zero attached hydrogens (tertiary/aromatic N) is 1. The summed E-state index contributed by atoms with van der Waals surface area (Å²) in [6.07, 6.45) is 3.34. The minimum Gasteiger partial charge on any atom is -0.377 e. The Balaban J connectivity index is 2.11. The summed E-state index contributed by atoms with van der Waals surface area (Å²) in [5, 5.41) is 0.542. The Hall–Kier alpha value is -0.680. The Kier molecular flexibility index (Phi) is 6.42. The van der Waals surface area contributed by atoms with Gasteiger partial charge in [0.05, 0.1) is 12.1 Å². The monoisotopic (exact) mass is 314 g/mol. The van der Waals surface area contributed by atoms with Crippen LogP contribution in [-0.2, 0) is 4.74 Å². The number of ether oxygens (including phenoxy) is 1. The van der Waals surface area contributed by atoms with Crippen LogP contribution in [0.2, 0.25) is 5.02 Å². The van der Waals surface area contributed by atoms with Crippen molar-refractivity contribution in [1.29, 1.82) is 0 Å². The lowest BCUT2D eigenvalue weighted by Crippen LogP contribution is -2.44. The molecule has 1 aliphatic rings. The number of likely N-dealkylation sites (tertiary alicyclic amines) is 1. The van der Waals surface area contributed by atoms with E-state index in [-0.39, 0.29) is 18.0 Å².